The molecule has 1 aromatic carbocycles. The summed E-state index contributed by atoms with van der Waals surface area (Å²) in [5.74, 6) is 0.789. The van der Waals surface area contributed by atoms with Gasteiger partial charge in [0.25, 0.3) is 0 Å². The van der Waals surface area contributed by atoms with E-state index >= 15 is 0 Å². The van der Waals surface area contributed by atoms with Crippen LogP contribution in [0.4, 0.5) is 0 Å². The van der Waals surface area contributed by atoms with Crippen molar-refractivity contribution in [3.63, 3.8) is 0 Å². The van der Waals surface area contributed by atoms with Crippen molar-refractivity contribution in [3.8, 4) is 5.75 Å². The first-order valence-electron chi connectivity index (χ1n) is 6.79. The van der Waals surface area contributed by atoms with E-state index in [-0.39, 0.29) is 5.91 Å². The second kappa shape index (κ2) is 7.38. The standard InChI is InChI=1S/C16H20N2O2/c1-20-15-8-3-2-7-14(15)13-16(19)17-9-6-12-18-10-4-5-11-18/h2-5,7-8,10-11H,6,9,12-13H2,1H3,(H,17,19). The van der Waals surface area contributed by atoms with Gasteiger partial charge in [-0.3, -0.25) is 4.79 Å². The van der Waals surface area contributed by atoms with Crippen LogP contribution in [-0.4, -0.2) is 24.1 Å². The number of aromatic nitrogens is 1. The van der Waals surface area contributed by atoms with Gasteiger partial charge < -0.3 is 14.6 Å². The number of hydrogen-bond donors (Lipinski definition) is 1. The van der Waals surface area contributed by atoms with Crippen LogP contribution in [0.25, 0.3) is 0 Å². The molecular weight excluding hydrogens is 252 g/mol. The van der Waals surface area contributed by atoms with Gasteiger partial charge in [0.15, 0.2) is 0 Å². The molecule has 0 fully saturated rings. The number of para-hydroxylation sites is 1. The van der Waals surface area contributed by atoms with E-state index in [1.54, 1.807) is 7.11 Å². The van der Waals surface area contributed by atoms with Gasteiger partial charge in [-0.1, -0.05) is 18.2 Å². The minimum atomic E-state index is 0.0296. The summed E-state index contributed by atoms with van der Waals surface area (Å²) in [7, 11) is 1.62. The maximum atomic E-state index is 11.9. The number of hydrogen-bond acceptors (Lipinski definition) is 2. The molecule has 1 N–H and O–H groups in total. The fourth-order valence-electron chi connectivity index (χ4n) is 2.09. The van der Waals surface area contributed by atoms with Crippen LogP contribution in [0.5, 0.6) is 5.75 Å². The van der Waals surface area contributed by atoms with E-state index in [2.05, 4.69) is 9.88 Å². The maximum Gasteiger partial charge on any atom is 0.224 e. The van der Waals surface area contributed by atoms with Crippen molar-refractivity contribution in [2.75, 3.05) is 13.7 Å². The number of nitrogens with zero attached hydrogens (tertiary/aromatic N) is 1. The summed E-state index contributed by atoms with van der Waals surface area (Å²) in [6.45, 7) is 1.61. The normalized spacial score (nSPS) is 10.2. The van der Waals surface area contributed by atoms with Crippen molar-refractivity contribution in [1.29, 1.82) is 0 Å². The SMILES string of the molecule is COc1ccccc1CC(=O)NCCCn1cccc1. The Hall–Kier alpha value is -2.23. The molecule has 0 saturated carbocycles. The van der Waals surface area contributed by atoms with Crippen molar-refractivity contribution in [1.82, 2.24) is 9.88 Å². The summed E-state index contributed by atoms with van der Waals surface area (Å²) in [6.07, 6.45) is 5.33. The molecule has 1 aromatic heterocycles. The minimum Gasteiger partial charge on any atom is -0.496 e. The van der Waals surface area contributed by atoms with Crippen molar-refractivity contribution >= 4 is 5.91 Å². The van der Waals surface area contributed by atoms with Gasteiger partial charge in [-0.25, -0.2) is 0 Å². The van der Waals surface area contributed by atoms with Crippen LogP contribution in [-0.2, 0) is 17.8 Å². The van der Waals surface area contributed by atoms with Crippen molar-refractivity contribution < 1.29 is 9.53 Å². The van der Waals surface area contributed by atoms with Crippen molar-refractivity contribution in [3.05, 3.63) is 54.4 Å². The fourth-order valence-corrected chi connectivity index (χ4v) is 2.09. The molecule has 0 aliphatic heterocycles. The van der Waals surface area contributed by atoms with Crippen LogP contribution in [0.15, 0.2) is 48.8 Å². The van der Waals surface area contributed by atoms with Crippen LogP contribution in [0.3, 0.4) is 0 Å². The van der Waals surface area contributed by atoms with Crippen LogP contribution in [0, 0.1) is 0 Å². The molecule has 1 amide bonds. The van der Waals surface area contributed by atoms with Crippen molar-refractivity contribution in [2.24, 2.45) is 0 Å². The van der Waals surface area contributed by atoms with E-state index in [0.717, 1.165) is 24.3 Å². The number of methoxy groups -OCH3 is 1. The predicted molar refractivity (Wildman–Crippen MR) is 78.8 cm³/mol. The molecule has 2 aromatic rings. The zero-order valence-electron chi connectivity index (χ0n) is 11.7. The molecule has 0 atom stereocenters. The van der Waals surface area contributed by atoms with Crippen LogP contribution in [0.1, 0.15) is 12.0 Å². The number of aryl methyl sites for hydroxylation is 1. The molecule has 0 aliphatic rings. The molecule has 0 aliphatic carbocycles. The molecular formula is C16H20N2O2. The Kier molecular flexibility index (Phi) is 5.24. The number of amides is 1. The molecule has 0 bridgehead atoms. The Bertz CT molecular complexity index is 535. The average Bonchev–Trinajstić information content (AvgIpc) is 2.97. The van der Waals surface area contributed by atoms with E-state index in [4.69, 9.17) is 4.74 Å². The van der Waals surface area contributed by atoms with Crippen LogP contribution >= 0.6 is 0 Å². The number of nitrogens with one attached hydrogen (secondary N) is 1. The van der Waals surface area contributed by atoms with E-state index in [1.165, 1.54) is 0 Å². The number of ether oxygens (including phenoxy) is 1. The lowest BCUT2D eigenvalue weighted by atomic mass is 10.1. The molecule has 2 rings (SSSR count). The largest absolute Gasteiger partial charge is 0.496 e. The lowest BCUT2D eigenvalue weighted by Crippen LogP contribution is -2.26. The lowest BCUT2D eigenvalue weighted by molar-refractivity contribution is -0.120. The van der Waals surface area contributed by atoms with E-state index in [1.807, 2.05) is 48.8 Å². The second-order valence-corrected chi connectivity index (χ2v) is 4.61. The first-order chi connectivity index (χ1) is 9.79. The third kappa shape index (κ3) is 4.16. The Morgan fingerprint density at radius 2 is 1.95 bits per heavy atom. The van der Waals surface area contributed by atoms with Gasteiger partial charge in [-0.15, -0.1) is 0 Å². The summed E-state index contributed by atoms with van der Waals surface area (Å²) >= 11 is 0. The van der Waals surface area contributed by atoms with E-state index in [0.29, 0.717) is 13.0 Å². The molecule has 1 heterocycles. The number of benzene rings is 1. The molecule has 0 radical (unpaired) electrons. The second-order valence-electron chi connectivity index (χ2n) is 4.61. The fraction of sp³-hybridized carbons (Fsp3) is 0.312. The first kappa shape index (κ1) is 14.2. The monoisotopic (exact) mass is 272 g/mol. The Labute approximate surface area is 119 Å². The highest BCUT2D eigenvalue weighted by atomic mass is 16.5. The predicted octanol–water partition coefficient (Wildman–Crippen LogP) is 2.25. The third-order valence-electron chi connectivity index (χ3n) is 3.12. The highest BCUT2D eigenvalue weighted by Crippen LogP contribution is 2.17. The Balaban J connectivity index is 1.72. The van der Waals surface area contributed by atoms with Gasteiger partial charge in [-0.05, 0) is 24.6 Å². The van der Waals surface area contributed by atoms with E-state index < -0.39 is 0 Å². The van der Waals surface area contributed by atoms with Gasteiger partial charge in [0.05, 0.1) is 13.5 Å². The summed E-state index contributed by atoms with van der Waals surface area (Å²) in [5.41, 5.74) is 0.915. The molecule has 0 spiro atoms. The molecule has 4 heteroatoms. The molecule has 0 unspecified atom stereocenters. The highest BCUT2D eigenvalue weighted by molar-refractivity contribution is 5.79. The quantitative estimate of drug-likeness (QED) is 0.786. The summed E-state index contributed by atoms with van der Waals surface area (Å²) in [5, 5.41) is 2.94. The van der Waals surface area contributed by atoms with Gasteiger partial charge in [0, 0.05) is 31.0 Å². The Morgan fingerprint density at radius 1 is 1.20 bits per heavy atom. The average molecular weight is 272 g/mol. The molecule has 20 heavy (non-hydrogen) atoms. The van der Waals surface area contributed by atoms with Gasteiger partial charge in [0.1, 0.15) is 5.75 Å². The highest BCUT2D eigenvalue weighted by Gasteiger charge is 2.07. The van der Waals surface area contributed by atoms with Crippen LogP contribution in [0.2, 0.25) is 0 Å². The topological polar surface area (TPSA) is 43.3 Å². The van der Waals surface area contributed by atoms with E-state index in [9.17, 15) is 4.79 Å². The summed E-state index contributed by atoms with van der Waals surface area (Å²) in [6, 6.07) is 11.6. The lowest BCUT2D eigenvalue weighted by Gasteiger charge is -2.09. The molecule has 0 saturated heterocycles. The van der Waals surface area contributed by atoms with Crippen molar-refractivity contribution in [2.45, 2.75) is 19.4 Å². The van der Waals surface area contributed by atoms with Gasteiger partial charge in [0.2, 0.25) is 5.91 Å². The molecule has 4 nitrogen and oxygen atoms in total. The summed E-state index contributed by atoms with van der Waals surface area (Å²) in [4.78, 5) is 11.9. The smallest absolute Gasteiger partial charge is 0.224 e. The minimum absolute atomic E-state index is 0.0296. The van der Waals surface area contributed by atoms with Gasteiger partial charge >= 0.3 is 0 Å². The first-order valence-corrected chi connectivity index (χ1v) is 6.79. The van der Waals surface area contributed by atoms with Crippen LogP contribution < -0.4 is 10.1 Å². The molecule has 106 valence electrons. The zero-order valence-corrected chi connectivity index (χ0v) is 11.7. The third-order valence-corrected chi connectivity index (χ3v) is 3.12. The number of rotatable bonds is 7. The van der Waals surface area contributed by atoms with Gasteiger partial charge in [-0.2, -0.15) is 0 Å². The zero-order chi connectivity index (χ0) is 14.2. The summed E-state index contributed by atoms with van der Waals surface area (Å²) < 4.78 is 7.34. The Morgan fingerprint density at radius 3 is 2.70 bits per heavy atom. The number of carbonyl (C=O) groups is 1. The maximum absolute atomic E-state index is 11.9. The number of carbonyl (C=O) groups excluding carboxylic acids is 1.